The Bertz CT molecular complexity index is 393. The maximum absolute atomic E-state index is 11.5. The molecular weight excluding hydrogens is 246 g/mol. The van der Waals surface area contributed by atoms with Crippen molar-refractivity contribution in [3.63, 3.8) is 0 Å². The second kappa shape index (κ2) is 6.24. The molecule has 1 saturated carbocycles. The zero-order chi connectivity index (χ0) is 13.0. The quantitative estimate of drug-likeness (QED) is 0.811. The molecule has 1 aromatic carbocycles. The Kier molecular flexibility index (Phi) is 4.65. The molecule has 3 heteroatoms. The van der Waals surface area contributed by atoms with Crippen molar-refractivity contribution in [1.82, 2.24) is 0 Å². The van der Waals surface area contributed by atoms with Crippen molar-refractivity contribution in [2.45, 2.75) is 50.3 Å². The fraction of sp³-hybridized carbons (Fsp3) is 0.533. The molecule has 2 rings (SSSR count). The van der Waals surface area contributed by atoms with Crippen LogP contribution in [-0.2, 0) is 4.79 Å². The molecule has 1 aliphatic rings. The highest BCUT2D eigenvalue weighted by molar-refractivity contribution is 6.32. The number of rotatable bonds is 3. The van der Waals surface area contributed by atoms with Crippen molar-refractivity contribution in [2.24, 2.45) is 0 Å². The number of alkyl halides is 1. The molecule has 1 fully saturated rings. The second-order valence-electron chi connectivity index (χ2n) is 5.06. The number of amides is 1. The largest absolute Gasteiger partial charge is 0.325 e. The third kappa shape index (κ3) is 3.49. The van der Waals surface area contributed by atoms with E-state index in [0.29, 0.717) is 5.92 Å². The molecule has 0 radical (unpaired) electrons. The Hall–Kier alpha value is -1.02. The molecule has 1 amide bonds. The fourth-order valence-corrected chi connectivity index (χ4v) is 2.57. The lowest BCUT2D eigenvalue weighted by Gasteiger charge is -2.22. The van der Waals surface area contributed by atoms with Crippen molar-refractivity contribution in [3.05, 3.63) is 29.8 Å². The highest BCUT2D eigenvalue weighted by Crippen LogP contribution is 2.32. The molecule has 2 nitrogen and oxygen atoms in total. The lowest BCUT2D eigenvalue weighted by atomic mass is 9.84. The monoisotopic (exact) mass is 265 g/mol. The molecule has 1 aromatic rings. The zero-order valence-corrected chi connectivity index (χ0v) is 11.5. The van der Waals surface area contributed by atoms with Crippen molar-refractivity contribution >= 4 is 23.2 Å². The Labute approximate surface area is 114 Å². The molecule has 0 spiro atoms. The van der Waals surface area contributed by atoms with E-state index in [1.807, 2.05) is 12.1 Å². The van der Waals surface area contributed by atoms with Gasteiger partial charge in [0.2, 0.25) is 5.91 Å². The Morgan fingerprint density at radius 2 is 1.83 bits per heavy atom. The molecule has 0 aliphatic heterocycles. The molecular formula is C15H20ClNO. The molecule has 18 heavy (non-hydrogen) atoms. The Morgan fingerprint density at radius 1 is 1.22 bits per heavy atom. The average molecular weight is 266 g/mol. The van der Waals surface area contributed by atoms with Crippen LogP contribution in [0.2, 0.25) is 0 Å². The molecule has 1 aliphatic carbocycles. The van der Waals surface area contributed by atoms with Crippen LogP contribution in [-0.4, -0.2) is 11.3 Å². The molecule has 0 saturated heterocycles. The summed E-state index contributed by atoms with van der Waals surface area (Å²) in [6, 6.07) is 8.21. The first kappa shape index (κ1) is 13.4. The van der Waals surface area contributed by atoms with E-state index >= 15 is 0 Å². The van der Waals surface area contributed by atoms with E-state index in [1.54, 1.807) is 6.92 Å². The van der Waals surface area contributed by atoms with Crippen molar-refractivity contribution in [2.75, 3.05) is 5.32 Å². The number of carbonyl (C=O) groups excluding carboxylic acids is 1. The first-order valence-corrected chi connectivity index (χ1v) is 7.15. The lowest BCUT2D eigenvalue weighted by molar-refractivity contribution is -0.115. The van der Waals surface area contributed by atoms with Gasteiger partial charge in [0, 0.05) is 5.69 Å². The van der Waals surface area contributed by atoms with Gasteiger partial charge in [-0.25, -0.2) is 0 Å². The van der Waals surface area contributed by atoms with Crippen LogP contribution in [0.4, 0.5) is 5.69 Å². The maximum atomic E-state index is 11.5. The maximum Gasteiger partial charge on any atom is 0.242 e. The third-order valence-electron chi connectivity index (χ3n) is 3.62. The van der Waals surface area contributed by atoms with Crippen LogP contribution in [0.1, 0.15) is 50.5 Å². The van der Waals surface area contributed by atoms with Gasteiger partial charge in [-0.15, -0.1) is 11.6 Å². The minimum Gasteiger partial charge on any atom is -0.325 e. The van der Waals surface area contributed by atoms with Gasteiger partial charge >= 0.3 is 0 Å². The van der Waals surface area contributed by atoms with Gasteiger partial charge in [0.1, 0.15) is 5.38 Å². The van der Waals surface area contributed by atoms with E-state index < -0.39 is 5.38 Å². The van der Waals surface area contributed by atoms with E-state index in [9.17, 15) is 4.79 Å². The van der Waals surface area contributed by atoms with Crippen LogP contribution >= 0.6 is 11.6 Å². The van der Waals surface area contributed by atoms with Crippen molar-refractivity contribution in [1.29, 1.82) is 0 Å². The van der Waals surface area contributed by atoms with Gasteiger partial charge in [-0.2, -0.15) is 0 Å². The molecule has 1 atom stereocenters. The first-order chi connectivity index (χ1) is 8.66. The van der Waals surface area contributed by atoms with Crippen LogP contribution in [0.25, 0.3) is 0 Å². The van der Waals surface area contributed by atoms with Crippen molar-refractivity contribution < 1.29 is 4.79 Å². The molecule has 0 unspecified atom stereocenters. The zero-order valence-electron chi connectivity index (χ0n) is 10.8. The van der Waals surface area contributed by atoms with E-state index in [4.69, 9.17) is 11.6 Å². The van der Waals surface area contributed by atoms with E-state index in [1.165, 1.54) is 37.7 Å². The Morgan fingerprint density at radius 3 is 2.39 bits per heavy atom. The molecule has 98 valence electrons. The van der Waals surface area contributed by atoms with Crippen LogP contribution in [0.15, 0.2) is 24.3 Å². The summed E-state index contributed by atoms with van der Waals surface area (Å²) in [4.78, 5) is 11.5. The highest BCUT2D eigenvalue weighted by atomic mass is 35.5. The number of halogens is 1. The van der Waals surface area contributed by atoms with Gasteiger partial charge in [0.05, 0.1) is 0 Å². The first-order valence-electron chi connectivity index (χ1n) is 6.71. The summed E-state index contributed by atoms with van der Waals surface area (Å²) in [5, 5.41) is 2.30. The van der Waals surface area contributed by atoms with Gasteiger partial charge in [-0.1, -0.05) is 31.4 Å². The number of hydrogen-bond acceptors (Lipinski definition) is 1. The van der Waals surface area contributed by atoms with Crippen LogP contribution in [0, 0.1) is 0 Å². The lowest BCUT2D eigenvalue weighted by Crippen LogP contribution is -2.20. The summed E-state index contributed by atoms with van der Waals surface area (Å²) >= 11 is 5.72. The second-order valence-corrected chi connectivity index (χ2v) is 5.72. The number of carbonyl (C=O) groups is 1. The summed E-state index contributed by atoms with van der Waals surface area (Å²) in [5.74, 6) is 0.553. The third-order valence-corrected chi connectivity index (χ3v) is 3.81. The van der Waals surface area contributed by atoms with E-state index in [-0.39, 0.29) is 5.91 Å². The standard InChI is InChI=1S/C15H20ClNO/c1-11(16)15(18)17-14-9-7-13(8-10-14)12-5-3-2-4-6-12/h7-12H,2-6H2,1H3,(H,17,18)/t11-/m1/s1. The van der Waals surface area contributed by atoms with E-state index in [2.05, 4.69) is 17.4 Å². The van der Waals surface area contributed by atoms with Gasteiger partial charge in [-0.05, 0) is 43.4 Å². The van der Waals surface area contributed by atoms with E-state index in [0.717, 1.165) is 5.69 Å². The molecule has 0 bridgehead atoms. The SMILES string of the molecule is C[C@@H](Cl)C(=O)Nc1ccc(C2CCCCC2)cc1. The van der Waals surface area contributed by atoms with Crippen molar-refractivity contribution in [3.8, 4) is 0 Å². The number of anilines is 1. The highest BCUT2D eigenvalue weighted by Gasteiger charge is 2.15. The number of hydrogen-bond donors (Lipinski definition) is 1. The van der Waals surface area contributed by atoms with Crippen LogP contribution in [0.3, 0.4) is 0 Å². The average Bonchev–Trinajstić information content (AvgIpc) is 2.40. The minimum atomic E-state index is -0.497. The minimum absolute atomic E-state index is 0.151. The molecule has 0 aromatic heterocycles. The number of nitrogens with one attached hydrogen (secondary N) is 1. The van der Waals surface area contributed by atoms with Gasteiger partial charge in [0.15, 0.2) is 0 Å². The number of benzene rings is 1. The molecule has 1 N–H and O–H groups in total. The smallest absolute Gasteiger partial charge is 0.242 e. The normalized spacial score (nSPS) is 18.3. The summed E-state index contributed by atoms with van der Waals surface area (Å²) in [7, 11) is 0. The van der Waals surface area contributed by atoms with Gasteiger partial charge in [-0.3, -0.25) is 4.79 Å². The van der Waals surface area contributed by atoms with Crippen LogP contribution in [0.5, 0.6) is 0 Å². The Balaban J connectivity index is 1.98. The predicted molar refractivity (Wildman–Crippen MR) is 76.2 cm³/mol. The topological polar surface area (TPSA) is 29.1 Å². The fourth-order valence-electron chi connectivity index (χ4n) is 2.52. The summed E-state index contributed by atoms with van der Waals surface area (Å²) < 4.78 is 0. The summed E-state index contributed by atoms with van der Waals surface area (Å²) in [5.41, 5.74) is 2.22. The molecule has 0 heterocycles. The summed E-state index contributed by atoms with van der Waals surface area (Å²) in [6.07, 6.45) is 6.65. The van der Waals surface area contributed by atoms with Gasteiger partial charge in [0.25, 0.3) is 0 Å². The summed E-state index contributed by atoms with van der Waals surface area (Å²) in [6.45, 7) is 1.67. The van der Waals surface area contributed by atoms with Gasteiger partial charge < -0.3 is 5.32 Å². The van der Waals surface area contributed by atoms with Crippen LogP contribution < -0.4 is 5.32 Å². The predicted octanol–water partition coefficient (Wildman–Crippen LogP) is 4.30.